The van der Waals surface area contributed by atoms with E-state index in [-0.39, 0.29) is 5.82 Å². The third-order valence-electron chi connectivity index (χ3n) is 2.66. The highest BCUT2D eigenvalue weighted by molar-refractivity contribution is 9.10. The van der Waals surface area contributed by atoms with Gasteiger partial charge in [-0.2, -0.15) is 0 Å². The van der Waals surface area contributed by atoms with Crippen LogP contribution in [0.15, 0.2) is 46.9 Å². The topological polar surface area (TPSA) is 21.3 Å². The van der Waals surface area contributed by atoms with Crippen molar-refractivity contribution in [2.75, 3.05) is 11.9 Å². The van der Waals surface area contributed by atoms with Crippen molar-refractivity contribution in [3.63, 3.8) is 0 Å². The van der Waals surface area contributed by atoms with Gasteiger partial charge in [0.15, 0.2) is 0 Å². The molecule has 0 saturated carbocycles. The number of nitrogens with one attached hydrogen (secondary N) is 1. The van der Waals surface area contributed by atoms with Crippen LogP contribution in [0.1, 0.15) is 12.5 Å². The summed E-state index contributed by atoms with van der Waals surface area (Å²) in [5, 5.41) is 3.18. The van der Waals surface area contributed by atoms with Crippen LogP contribution in [-0.2, 0) is 6.54 Å². The normalized spacial score (nSPS) is 10.3. The highest BCUT2D eigenvalue weighted by Gasteiger charge is 2.02. The Morgan fingerprint density at radius 3 is 2.58 bits per heavy atom. The predicted octanol–water partition coefficient (Wildman–Crippen LogP) is 4.60. The first-order chi connectivity index (χ1) is 9.19. The summed E-state index contributed by atoms with van der Waals surface area (Å²) in [4.78, 5) is 0. The molecule has 100 valence electrons. The lowest BCUT2D eigenvalue weighted by Gasteiger charge is -2.09. The Labute approximate surface area is 120 Å². The van der Waals surface area contributed by atoms with Crippen LogP contribution in [0.2, 0.25) is 0 Å². The van der Waals surface area contributed by atoms with Crippen LogP contribution in [0.25, 0.3) is 0 Å². The van der Waals surface area contributed by atoms with Crippen molar-refractivity contribution in [1.29, 1.82) is 0 Å². The summed E-state index contributed by atoms with van der Waals surface area (Å²) in [5.41, 5.74) is 1.56. The number of ether oxygens (including phenoxy) is 1. The minimum absolute atomic E-state index is 0.207. The number of halogens is 2. The van der Waals surface area contributed by atoms with E-state index in [0.29, 0.717) is 18.7 Å². The number of benzene rings is 2. The second kappa shape index (κ2) is 6.57. The van der Waals surface area contributed by atoms with E-state index in [9.17, 15) is 4.39 Å². The van der Waals surface area contributed by atoms with Crippen molar-refractivity contribution in [1.82, 2.24) is 0 Å². The maximum absolute atomic E-state index is 13.6. The molecule has 0 atom stereocenters. The third kappa shape index (κ3) is 3.96. The molecule has 2 nitrogen and oxygen atoms in total. The fourth-order valence-corrected chi connectivity index (χ4v) is 2.12. The fourth-order valence-electron chi connectivity index (χ4n) is 1.71. The molecule has 4 heteroatoms. The van der Waals surface area contributed by atoms with Crippen molar-refractivity contribution < 1.29 is 9.13 Å². The summed E-state index contributed by atoms with van der Waals surface area (Å²) in [7, 11) is 0. The maximum Gasteiger partial charge on any atom is 0.128 e. The lowest BCUT2D eigenvalue weighted by Crippen LogP contribution is -2.02. The monoisotopic (exact) mass is 323 g/mol. The molecule has 0 aliphatic rings. The minimum atomic E-state index is -0.207. The predicted molar refractivity (Wildman–Crippen MR) is 79.0 cm³/mol. The lowest BCUT2D eigenvalue weighted by atomic mass is 10.2. The highest BCUT2D eigenvalue weighted by atomic mass is 79.9. The van der Waals surface area contributed by atoms with E-state index in [1.54, 1.807) is 12.1 Å². The molecule has 0 spiro atoms. The Kier molecular flexibility index (Phi) is 4.80. The first kappa shape index (κ1) is 13.9. The number of hydrogen-bond acceptors (Lipinski definition) is 2. The van der Waals surface area contributed by atoms with E-state index in [0.717, 1.165) is 15.9 Å². The zero-order valence-electron chi connectivity index (χ0n) is 10.6. The van der Waals surface area contributed by atoms with Crippen LogP contribution in [0, 0.1) is 5.82 Å². The highest BCUT2D eigenvalue weighted by Crippen LogP contribution is 2.19. The maximum atomic E-state index is 13.6. The van der Waals surface area contributed by atoms with E-state index in [1.807, 2.05) is 31.2 Å². The molecule has 2 aromatic rings. The van der Waals surface area contributed by atoms with Gasteiger partial charge in [-0.05, 0) is 49.4 Å². The van der Waals surface area contributed by atoms with Crippen molar-refractivity contribution in [2.24, 2.45) is 0 Å². The molecule has 2 aromatic carbocycles. The van der Waals surface area contributed by atoms with Gasteiger partial charge in [0.25, 0.3) is 0 Å². The Bertz CT molecular complexity index is 542. The molecule has 0 bridgehead atoms. The van der Waals surface area contributed by atoms with E-state index in [1.165, 1.54) is 6.07 Å². The molecule has 19 heavy (non-hydrogen) atoms. The van der Waals surface area contributed by atoms with Crippen LogP contribution in [0.3, 0.4) is 0 Å². The van der Waals surface area contributed by atoms with E-state index < -0.39 is 0 Å². The van der Waals surface area contributed by atoms with Gasteiger partial charge in [-0.1, -0.05) is 15.9 Å². The number of rotatable bonds is 5. The second-order valence-electron chi connectivity index (χ2n) is 4.05. The zero-order chi connectivity index (χ0) is 13.7. The van der Waals surface area contributed by atoms with Gasteiger partial charge in [0.2, 0.25) is 0 Å². The number of anilines is 1. The number of hydrogen-bond donors (Lipinski definition) is 1. The van der Waals surface area contributed by atoms with Crippen molar-refractivity contribution in [3.05, 3.63) is 58.3 Å². The van der Waals surface area contributed by atoms with Gasteiger partial charge >= 0.3 is 0 Å². The Balaban J connectivity index is 2.00. The molecule has 0 aliphatic heterocycles. The molecule has 2 rings (SSSR count). The summed E-state index contributed by atoms with van der Waals surface area (Å²) in [6.07, 6.45) is 0. The molecular formula is C15H15BrFNO. The Morgan fingerprint density at radius 1 is 1.16 bits per heavy atom. The van der Waals surface area contributed by atoms with Gasteiger partial charge in [0.1, 0.15) is 11.6 Å². The molecule has 0 unspecified atom stereocenters. The Hall–Kier alpha value is -1.55. The van der Waals surface area contributed by atoms with E-state index in [4.69, 9.17) is 4.74 Å². The van der Waals surface area contributed by atoms with Crippen molar-refractivity contribution >= 4 is 21.6 Å². The molecule has 0 fully saturated rings. The van der Waals surface area contributed by atoms with Crippen LogP contribution >= 0.6 is 15.9 Å². The van der Waals surface area contributed by atoms with Gasteiger partial charge in [0, 0.05) is 22.3 Å². The van der Waals surface area contributed by atoms with Gasteiger partial charge in [0.05, 0.1) is 6.61 Å². The van der Waals surface area contributed by atoms with Crippen LogP contribution < -0.4 is 10.1 Å². The van der Waals surface area contributed by atoms with Crippen LogP contribution in [0.4, 0.5) is 10.1 Å². The molecule has 0 radical (unpaired) electrons. The molecule has 0 aromatic heterocycles. The second-order valence-corrected chi connectivity index (χ2v) is 4.96. The minimum Gasteiger partial charge on any atom is -0.494 e. The first-order valence-electron chi connectivity index (χ1n) is 6.09. The summed E-state index contributed by atoms with van der Waals surface area (Å²) in [6, 6.07) is 12.5. The standard InChI is InChI=1S/C15H15BrFNO/c1-2-19-14-6-4-13(5-7-14)18-10-11-9-12(16)3-8-15(11)17/h3-9,18H,2,10H2,1H3. The van der Waals surface area contributed by atoms with Crippen molar-refractivity contribution in [2.45, 2.75) is 13.5 Å². The van der Waals surface area contributed by atoms with Gasteiger partial charge in [-0.15, -0.1) is 0 Å². The molecule has 0 heterocycles. The van der Waals surface area contributed by atoms with E-state index >= 15 is 0 Å². The largest absolute Gasteiger partial charge is 0.494 e. The zero-order valence-corrected chi connectivity index (χ0v) is 12.2. The van der Waals surface area contributed by atoms with Gasteiger partial charge < -0.3 is 10.1 Å². The SMILES string of the molecule is CCOc1ccc(NCc2cc(Br)ccc2F)cc1. The summed E-state index contributed by atoms with van der Waals surface area (Å²) >= 11 is 3.34. The third-order valence-corrected chi connectivity index (χ3v) is 3.15. The molecule has 0 saturated heterocycles. The first-order valence-corrected chi connectivity index (χ1v) is 6.89. The van der Waals surface area contributed by atoms with Crippen molar-refractivity contribution in [3.8, 4) is 5.75 Å². The molecule has 1 N–H and O–H groups in total. The average Bonchev–Trinajstić information content (AvgIpc) is 2.42. The van der Waals surface area contributed by atoms with Gasteiger partial charge in [-0.3, -0.25) is 0 Å². The summed E-state index contributed by atoms with van der Waals surface area (Å²) < 4.78 is 19.8. The smallest absolute Gasteiger partial charge is 0.128 e. The molecule has 0 aliphatic carbocycles. The summed E-state index contributed by atoms with van der Waals surface area (Å²) in [6.45, 7) is 3.04. The van der Waals surface area contributed by atoms with Crippen LogP contribution in [-0.4, -0.2) is 6.61 Å². The molecular weight excluding hydrogens is 309 g/mol. The average molecular weight is 324 g/mol. The summed E-state index contributed by atoms with van der Waals surface area (Å²) in [5.74, 6) is 0.628. The fraction of sp³-hybridized carbons (Fsp3) is 0.200. The van der Waals surface area contributed by atoms with Gasteiger partial charge in [-0.25, -0.2) is 4.39 Å². The van der Waals surface area contributed by atoms with E-state index in [2.05, 4.69) is 21.2 Å². The quantitative estimate of drug-likeness (QED) is 0.868. The Morgan fingerprint density at radius 2 is 1.89 bits per heavy atom. The lowest BCUT2D eigenvalue weighted by molar-refractivity contribution is 0.340. The van der Waals surface area contributed by atoms with Crippen LogP contribution in [0.5, 0.6) is 5.75 Å². The molecule has 0 amide bonds.